The number of hydrogen-bond donors (Lipinski definition) is 1. The standard InChI is InChI=1S/C17H21N3S/c1-10-6-7-14(11(2)8-10)20(5)17-15(16(18)21)12(3)9-13(4)19-17/h6-9H,1-5H3,(H2,18,21). The van der Waals surface area contributed by atoms with E-state index in [0.29, 0.717) is 4.99 Å². The van der Waals surface area contributed by atoms with E-state index in [1.807, 2.05) is 27.0 Å². The summed E-state index contributed by atoms with van der Waals surface area (Å²) < 4.78 is 0. The summed E-state index contributed by atoms with van der Waals surface area (Å²) >= 11 is 5.21. The number of rotatable bonds is 3. The van der Waals surface area contributed by atoms with Crippen LogP contribution in [0.25, 0.3) is 0 Å². The molecule has 0 atom stereocenters. The van der Waals surface area contributed by atoms with Crippen molar-refractivity contribution in [2.45, 2.75) is 27.7 Å². The van der Waals surface area contributed by atoms with Gasteiger partial charge in [-0.1, -0.05) is 29.9 Å². The first-order valence-electron chi connectivity index (χ1n) is 6.90. The second-order valence-electron chi connectivity index (χ2n) is 5.49. The van der Waals surface area contributed by atoms with E-state index in [4.69, 9.17) is 18.0 Å². The molecule has 2 aromatic rings. The molecule has 0 radical (unpaired) electrons. The van der Waals surface area contributed by atoms with Crippen LogP contribution in [0.3, 0.4) is 0 Å². The van der Waals surface area contributed by atoms with Gasteiger partial charge in [0.05, 0.1) is 5.56 Å². The molecular formula is C17H21N3S. The summed E-state index contributed by atoms with van der Waals surface area (Å²) in [5, 5.41) is 0. The molecule has 0 bridgehead atoms. The fourth-order valence-corrected chi connectivity index (χ4v) is 2.91. The maximum atomic E-state index is 5.91. The van der Waals surface area contributed by atoms with Crippen LogP contribution < -0.4 is 10.6 Å². The molecule has 2 N–H and O–H groups in total. The molecule has 3 nitrogen and oxygen atoms in total. The highest BCUT2D eigenvalue weighted by Crippen LogP contribution is 2.30. The predicted octanol–water partition coefficient (Wildman–Crippen LogP) is 3.72. The quantitative estimate of drug-likeness (QED) is 0.877. The van der Waals surface area contributed by atoms with Crippen LogP contribution in [0.2, 0.25) is 0 Å². The van der Waals surface area contributed by atoms with Crippen LogP contribution in [0.5, 0.6) is 0 Å². The minimum atomic E-state index is 0.381. The maximum Gasteiger partial charge on any atom is 0.143 e. The second-order valence-corrected chi connectivity index (χ2v) is 5.93. The molecule has 0 aliphatic carbocycles. The van der Waals surface area contributed by atoms with Crippen molar-refractivity contribution in [1.82, 2.24) is 4.98 Å². The Morgan fingerprint density at radius 3 is 2.33 bits per heavy atom. The molecule has 0 amide bonds. The molecule has 0 saturated heterocycles. The Morgan fingerprint density at radius 2 is 1.76 bits per heavy atom. The van der Waals surface area contributed by atoms with Crippen molar-refractivity contribution in [2.24, 2.45) is 5.73 Å². The SMILES string of the molecule is Cc1ccc(N(C)c2nc(C)cc(C)c2C(N)=S)c(C)c1. The van der Waals surface area contributed by atoms with Gasteiger partial charge in [-0.15, -0.1) is 0 Å². The Labute approximate surface area is 131 Å². The molecule has 0 saturated carbocycles. The molecule has 110 valence electrons. The number of aryl methyl sites for hydroxylation is 4. The molecular weight excluding hydrogens is 278 g/mol. The van der Waals surface area contributed by atoms with Crippen LogP contribution in [-0.4, -0.2) is 17.0 Å². The lowest BCUT2D eigenvalue weighted by molar-refractivity contribution is 1.06. The van der Waals surface area contributed by atoms with Gasteiger partial charge in [0.25, 0.3) is 0 Å². The second kappa shape index (κ2) is 5.82. The molecule has 0 spiro atoms. The number of aromatic nitrogens is 1. The van der Waals surface area contributed by atoms with Gasteiger partial charge in [-0.3, -0.25) is 0 Å². The highest BCUT2D eigenvalue weighted by molar-refractivity contribution is 7.80. The van der Waals surface area contributed by atoms with Crippen LogP contribution in [-0.2, 0) is 0 Å². The van der Waals surface area contributed by atoms with E-state index in [2.05, 4.69) is 41.9 Å². The van der Waals surface area contributed by atoms with Gasteiger partial charge in [-0.05, 0) is 51.0 Å². The number of thiocarbonyl (C=S) groups is 1. The third-order valence-corrected chi connectivity index (χ3v) is 3.81. The topological polar surface area (TPSA) is 42.2 Å². The minimum absolute atomic E-state index is 0.381. The number of benzene rings is 1. The summed E-state index contributed by atoms with van der Waals surface area (Å²) in [5.41, 5.74) is 12.3. The zero-order chi connectivity index (χ0) is 15.7. The Hall–Kier alpha value is -1.94. The van der Waals surface area contributed by atoms with Crippen LogP contribution in [0.15, 0.2) is 24.3 Å². The number of nitrogens with two attached hydrogens (primary N) is 1. The number of anilines is 2. The van der Waals surface area contributed by atoms with Gasteiger partial charge in [0.1, 0.15) is 10.8 Å². The molecule has 0 aliphatic rings. The fourth-order valence-electron chi connectivity index (χ4n) is 2.66. The first-order valence-corrected chi connectivity index (χ1v) is 7.31. The van der Waals surface area contributed by atoms with Crippen molar-refractivity contribution in [3.05, 3.63) is 52.2 Å². The number of pyridine rings is 1. The van der Waals surface area contributed by atoms with Gasteiger partial charge in [-0.2, -0.15) is 0 Å². The van der Waals surface area contributed by atoms with Gasteiger partial charge in [-0.25, -0.2) is 4.98 Å². The third-order valence-electron chi connectivity index (χ3n) is 3.60. The van der Waals surface area contributed by atoms with Crippen molar-refractivity contribution in [3.8, 4) is 0 Å². The summed E-state index contributed by atoms with van der Waals surface area (Å²) in [6, 6.07) is 8.37. The normalized spacial score (nSPS) is 10.5. The summed E-state index contributed by atoms with van der Waals surface area (Å²) in [4.78, 5) is 7.09. The molecule has 1 heterocycles. The van der Waals surface area contributed by atoms with Crippen LogP contribution in [0.4, 0.5) is 11.5 Å². The first-order chi connectivity index (χ1) is 9.81. The number of nitrogens with zero attached hydrogens (tertiary/aromatic N) is 2. The minimum Gasteiger partial charge on any atom is -0.389 e. The van der Waals surface area contributed by atoms with E-state index < -0.39 is 0 Å². The molecule has 0 aliphatic heterocycles. The largest absolute Gasteiger partial charge is 0.389 e. The maximum absolute atomic E-state index is 5.91. The molecule has 1 aromatic heterocycles. The van der Waals surface area contributed by atoms with E-state index in [1.165, 1.54) is 11.1 Å². The Balaban J connectivity index is 2.62. The molecule has 2 rings (SSSR count). The first kappa shape index (κ1) is 15.4. The zero-order valence-corrected chi connectivity index (χ0v) is 14.0. The van der Waals surface area contributed by atoms with Crippen molar-refractivity contribution in [3.63, 3.8) is 0 Å². The fraction of sp³-hybridized carbons (Fsp3) is 0.294. The summed E-state index contributed by atoms with van der Waals surface area (Å²) in [5.74, 6) is 0.812. The van der Waals surface area contributed by atoms with Gasteiger partial charge in [0.2, 0.25) is 0 Å². The van der Waals surface area contributed by atoms with Crippen molar-refractivity contribution >= 4 is 28.7 Å². The van der Waals surface area contributed by atoms with Gasteiger partial charge in [0.15, 0.2) is 0 Å². The van der Waals surface area contributed by atoms with Gasteiger partial charge < -0.3 is 10.6 Å². The average Bonchev–Trinajstić information content (AvgIpc) is 2.36. The molecule has 21 heavy (non-hydrogen) atoms. The van der Waals surface area contributed by atoms with E-state index in [-0.39, 0.29) is 0 Å². The van der Waals surface area contributed by atoms with E-state index in [9.17, 15) is 0 Å². The predicted molar refractivity (Wildman–Crippen MR) is 93.6 cm³/mol. The van der Waals surface area contributed by atoms with Crippen molar-refractivity contribution in [1.29, 1.82) is 0 Å². The lowest BCUT2D eigenvalue weighted by Gasteiger charge is -2.24. The monoisotopic (exact) mass is 299 g/mol. The zero-order valence-electron chi connectivity index (χ0n) is 13.2. The van der Waals surface area contributed by atoms with Gasteiger partial charge >= 0.3 is 0 Å². The van der Waals surface area contributed by atoms with E-state index in [1.54, 1.807) is 0 Å². The summed E-state index contributed by atoms with van der Waals surface area (Å²) in [6.45, 7) is 8.19. The van der Waals surface area contributed by atoms with Crippen molar-refractivity contribution in [2.75, 3.05) is 11.9 Å². The summed E-state index contributed by atoms with van der Waals surface area (Å²) in [7, 11) is 2.00. The Bertz CT molecular complexity index is 707. The Morgan fingerprint density at radius 1 is 1.10 bits per heavy atom. The van der Waals surface area contributed by atoms with Crippen molar-refractivity contribution < 1.29 is 0 Å². The van der Waals surface area contributed by atoms with Gasteiger partial charge in [0, 0.05) is 18.4 Å². The average molecular weight is 299 g/mol. The van der Waals surface area contributed by atoms with E-state index >= 15 is 0 Å². The highest BCUT2D eigenvalue weighted by Gasteiger charge is 2.17. The smallest absolute Gasteiger partial charge is 0.143 e. The molecule has 4 heteroatoms. The molecule has 1 aromatic carbocycles. The lowest BCUT2D eigenvalue weighted by atomic mass is 10.1. The molecule has 0 unspecified atom stereocenters. The Kier molecular flexibility index (Phi) is 4.28. The van der Waals surface area contributed by atoms with Crippen LogP contribution in [0.1, 0.15) is 27.9 Å². The lowest BCUT2D eigenvalue weighted by Crippen LogP contribution is -2.21. The number of hydrogen-bond acceptors (Lipinski definition) is 3. The van der Waals surface area contributed by atoms with Crippen LogP contribution in [0, 0.1) is 27.7 Å². The highest BCUT2D eigenvalue weighted by atomic mass is 32.1. The summed E-state index contributed by atoms with van der Waals surface area (Å²) in [6.07, 6.45) is 0. The third kappa shape index (κ3) is 3.05. The molecule has 0 fully saturated rings. The van der Waals surface area contributed by atoms with Crippen LogP contribution >= 0.6 is 12.2 Å². The van der Waals surface area contributed by atoms with E-state index in [0.717, 1.165) is 28.3 Å².